The summed E-state index contributed by atoms with van der Waals surface area (Å²) in [6.45, 7) is 1.38. The van der Waals surface area contributed by atoms with Crippen molar-refractivity contribution in [3.05, 3.63) is 48.0 Å². The van der Waals surface area contributed by atoms with Crippen LogP contribution in [0.2, 0.25) is 0 Å². The van der Waals surface area contributed by atoms with Crippen LogP contribution in [-0.4, -0.2) is 104 Å². The number of benzene rings is 2. The van der Waals surface area contributed by atoms with Crippen molar-refractivity contribution >= 4 is 80.5 Å². The zero-order valence-corrected chi connectivity index (χ0v) is 31.1. The number of methoxy groups -OCH3 is 1. The Hall–Kier alpha value is -4.21. The minimum Gasteiger partial charge on any atom is -0.395 e. The van der Waals surface area contributed by atoms with Crippen LogP contribution in [0.3, 0.4) is 0 Å². The van der Waals surface area contributed by atoms with E-state index in [1.54, 1.807) is 6.92 Å². The van der Waals surface area contributed by atoms with E-state index in [4.69, 9.17) is 19.6 Å². The summed E-state index contributed by atoms with van der Waals surface area (Å²) in [6, 6.07) is 8.17. The molecule has 6 N–H and O–H groups in total. The highest BCUT2D eigenvalue weighted by Crippen LogP contribution is 2.39. The van der Waals surface area contributed by atoms with Gasteiger partial charge in [-0.25, -0.2) is 17.6 Å². The summed E-state index contributed by atoms with van der Waals surface area (Å²) in [5.74, 6) is -0.852. The molecule has 52 heavy (non-hydrogen) atoms. The molecule has 0 amide bonds. The van der Waals surface area contributed by atoms with Crippen LogP contribution in [0.25, 0.3) is 0 Å². The summed E-state index contributed by atoms with van der Waals surface area (Å²) in [6.07, 6.45) is 0.529. The highest BCUT2D eigenvalue weighted by atomic mass is 32.3. The van der Waals surface area contributed by atoms with E-state index in [1.165, 1.54) is 43.3 Å². The van der Waals surface area contributed by atoms with Gasteiger partial charge in [-0.1, -0.05) is 0 Å². The van der Waals surface area contributed by atoms with E-state index in [1.807, 2.05) is 0 Å². The quantitative estimate of drug-likeness (QED) is 0.0658. The number of nitrogens with zero attached hydrogens (tertiary/aromatic N) is 6. The van der Waals surface area contributed by atoms with Gasteiger partial charge in [0.1, 0.15) is 16.3 Å². The predicted molar refractivity (Wildman–Crippen MR) is 189 cm³/mol. The Morgan fingerprint density at radius 2 is 1.48 bits per heavy atom. The molecule has 0 aliphatic rings. The van der Waals surface area contributed by atoms with Crippen LogP contribution in [-0.2, 0) is 49.4 Å². The molecule has 25 heteroatoms. The first-order chi connectivity index (χ1) is 24.1. The van der Waals surface area contributed by atoms with Gasteiger partial charge < -0.3 is 20.7 Å². The third-order valence-electron chi connectivity index (χ3n) is 6.88. The van der Waals surface area contributed by atoms with Gasteiger partial charge in [0.05, 0.1) is 40.1 Å². The largest absolute Gasteiger partial charge is 0.397 e. The van der Waals surface area contributed by atoms with E-state index in [0.717, 1.165) is 18.2 Å². The molecule has 3 rings (SSSR count). The van der Waals surface area contributed by atoms with Gasteiger partial charge in [0.25, 0.3) is 20.2 Å². The van der Waals surface area contributed by atoms with Crippen LogP contribution >= 0.6 is 0 Å². The van der Waals surface area contributed by atoms with Crippen LogP contribution < -0.4 is 16.0 Å². The lowest BCUT2D eigenvalue weighted by atomic mass is 10.2. The molecular formula is C27H36N8O13S4. The number of nitrogen functional groups attached to an aromatic ring is 1. The summed E-state index contributed by atoms with van der Waals surface area (Å²) in [4.78, 5) is 4.91. The molecule has 0 bridgehead atoms. The predicted octanol–water partition coefficient (Wildman–Crippen LogP) is 3.42. The second-order valence-corrected chi connectivity index (χ2v) is 17.0. The Labute approximate surface area is 300 Å². The van der Waals surface area contributed by atoms with Crippen molar-refractivity contribution in [1.29, 1.82) is 0 Å². The van der Waals surface area contributed by atoms with Crippen LogP contribution in [0.5, 0.6) is 0 Å². The summed E-state index contributed by atoms with van der Waals surface area (Å²) >= 11 is 0. The number of nitrogens with one attached hydrogen (secondary N) is 1. The van der Waals surface area contributed by atoms with Crippen molar-refractivity contribution in [3.63, 3.8) is 0 Å². The van der Waals surface area contributed by atoms with E-state index >= 15 is 0 Å². The number of azo groups is 2. The second kappa shape index (κ2) is 17.5. The van der Waals surface area contributed by atoms with Crippen LogP contribution in [0.1, 0.15) is 12.0 Å². The number of hydrogen-bond donors (Lipinski definition) is 5. The van der Waals surface area contributed by atoms with Crippen molar-refractivity contribution < 1.29 is 56.2 Å². The second-order valence-electron chi connectivity index (χ2n) is 10.8. The molecule has 0 unspecified atom stereocenters. The maximum Gasteiger partial charge on any atom is 0.397 e. The summed E-state index contributed by atoms with van der Waals surface area (Å²) < 4.78 is 130. The Kier molecular flexibility index (Phi) is 14.2. The number of sulfone groups is 1. The Bertz CT molecular complexity index is 2250. The van der Waals surface area contributed by atoms with E-state index in [2.05, 4.69) is 34.9 Å². The van der Waals surface area contributed by atoms with Gasteiger partial charge in [-0.2, -0.15) is 35.5 Å². The van der Waals surface area contributed by atoms with Crippen molar-refractivity contribution in [2.75, 3.05) is 67.9 Å². The smallest absolute Gasteiger partial charge is 0.395 e. The van der Waals surface area contributed by atoms with E-state index in [0.29, 0.717) is 25.1 Å². The molecule has 0 radical (unpaired) electrons. The molecule has 0 aliphatic carbocycles. The Morgan fingerprint density at radius 3 is 2.08 bits per heavy atom. The van der Waals surface area contributed by atoms with Gasteiger partial charge in [0.15, 0.2) is 21.5 Å². The van der Waals surface area contributed by atoms with Gasteiger partial charge in [-0.15, -0.1) is 10.2 Å². The summed E-state index contributed by atoms with van der Waals surface area (Å²) in [5.41, 5.74) is 6.68. The monoisotopic (exact) mass is 808 g/mol. The van der Waals surface area contributed by atoms with Crippen molar-refractivity contribution in [2.45, 2.75) is 23.1 Å². The molecule has 0 spiro atoms. The number of nitrogens with two attached hydrogens (primary N) is 1. The molecule has 0 saturated heterocycles. The first-order valence-corrected chi connectivity index (χ1v) is 20.8. The molecule has 2 aromatic carbocycles. The van der Waals surface area contributed by atoms with Crippen molar-refractivity contribution in [2.24, 2.45) is 20.5 Å². The highest BCUT2D eigenvalue weighted by molar-refractivity contribution is 7.91. The van der Waals surface area contributed by atoms with Crippen LogP contribution in [0.15, 0.2) is 72.7 Å². The minimum atomic E-state index is -4.89. The Balaban J connectivity index is 1.94. The fraction of sp³-hybridized carbons (Fsp3) is 0.370. The number of anilines is 3. The molecule has 1 aromatic heterocycles. The number of aromatic nitrogens is 1. The molecule has 286 valence electrons. The van der Waals surface area contributed by atoms with Gasteiger partial charge in [0.2, 0.25) is 0 Å². The van der Waals surface area contributed by atoms with Gasteiger partial charge >= 0.3 is 10.4 Å². The fourth-order valence-electron chi connectivity index (χ4n) is 4.16. The molecular weight excluding hydrogens is 773 g/mol. The summed E-state index contributed by atoms with van der Waals surface area (Å²) in [7, 11) is -14.9. The number of pyridine rings is 1. The molecule has 21 nitrogen and oxygen atoms in total. The molecule has 3 aromatic rings. The normalized spacial score (nSPS) is 12.9. The van der Waals surface area contributed by atoms with E-state index < -0.39 is 63.5 Å². The summed E-state index contributed by atoms with van der Waals surface area (Å²) in [5, 5.41) is 19.1. The van der Waals surface area contributed by atoms with Crippen LogP contribution in [0, 0.1) is 6.92 Å². The topological polar surface area (TPSA) is 319 Å². The highest BCUT2D eigenvalue weighted by Gasteiger charge is 2.22. The first kappa shape index (κ1) is 42.2. The SMILES string of the molecule is COCCCNc1nc(N(C)CCS(=O)(=O)CCOS(=O)(=O)O)c(N)c(C)c1/N=N/c1ccc(/N=N/c2ccc(S(=O)(=O)O)cc2)cc1S(=O)(=O)O. The lowest BCUT2D eigenvalue weighted by Crippen LogP contribution is -2.29. The standard InChI is InChI=1S/C27H36N8O13S4/c1-18-24(28)27(35(2)12-15-49(36,37)16-14-48-52(44,45)46)30-26(29-11-4-13-47-3)25(18)34-33-22-10-7-20(17-23(22)51(41,42)43)32-31-19-5-8-21(9-6-19)50(38,39)40/h5-10,17H,4,11-16,28H2,1-3H3,(H,29,30)(H,38,39,40)(H,41,42,43)(H,44,45,46)/b32-31+,34-33+. The van der Waals surface area contributed by atoms with Crippen molar-refractivity contribution in [1.82, 2.24) is 4.98 Å². The zero-order chi connectivity index (χ0) is 38.9. The maximum absolute atomic E-state index is 12.4. The number of ether oxygens (including phenoxy) is 1. The average Bonchev–Trinajstić information content (AvgIpc) is 3.04. The number of rotatable bonds is 19. The number of hydrogen-bond acceptors (Lipinski definition) is 18. The van der Waals surface area contributed by atoms with E-state index in [-0.39, 0.29) is 51.5 Å². The van der Waals surface area contributed by atoms with Crippen LogP contribution in [0.4, 0.5) is 40.1 Å². The van der Waals surface area contributed by atoms with Gasteiger partial charge in [-0.3, -0.25) is 13.7 Å². The third kappa shape index (κ3) is 12.8. The lowest BCUT2D eigenvalue weighted by molar-refractivity contribution is 0.198. The van der Waals surface area contributed by atoms with Gasteiger partial charge in [0, 0.05) is 39.4 Å². The molecule has 0 aliphatic heterocycles. The lowest BCUT2D eigenvalue weighted by Gasteiger charge is -2.23. The van der Waals surface area contributed by atoms with Crippen molar-refractivity contribution in [3.8, 4) is 0 Å². The van der Waals surface area contributed by atoms with Gasteiger partial charge in [-0.05, 0) is 55.8 Å². The minimum absolute atomic E-state index is 0.0339. The molecule has 0 saturated carbocycles. The molecule has 1 heterocycles. The average molecular weight is 809 g/mol. The fourth-order valence-corrected chi connectivity index (χ4v) is 6.78. The third-order valence-corrected chi connectivity index (χ3v) is 10.7. The van der Waals surface area contributed by atoms with E-state index in [9.17, 15) is 38.2 Å². The maximum atomic E-state index is 12.4. The molecule has 0 fully saturated rings. The Morgan fingerprint density at radius 1 is 0.846 bits per heavy atom. The zero-order valence-electron chi connectivity index (χ0n) is 27.8. The molecule has 0 atom stereocenters. The first-order valence-electron chi connectivity index (χ1n) is 14.7.